The largest absolute Gasteiger partial charge is 0.396 e. The Bertz CT molecular complexity index is 161. The molecular formula is C13H27NO. The van der Waals surface area contributed by atoms with Gasteiger partial charge in [0, 0.05) is 12.6 Å². The first-order valence-electron chi connectivity index (χ1n) is 6.64. The van der Waals surface area contributed by atoms with Gasteiger partial charge in [-0.15, -0.1) is 0 Å². The lowest BCUT2D eigenvalue weighted by atomic mass is 10.0. The third-order valence-electron chi connectivity index (χ3n) is 3.93. The molecule has 1 aliphatic rings. The van der Waals surface area contributed by atoms with Gasteiger partial charge in [0.2, 0.25) is 0 Å². The second-order valence-corrected chi connectivity index (χ2v) is 4.98. The molecule has 0 aliphatic heterocycles. The summed E-state index contributed by atoms with van der Waals surface area (Å²) in [4.78, 5) is 0. The van der Waals surface area contributed by atoms with Crippen molar-refractivity contribution < 1.29 is 5.11 Å². The third-order valence-corrected chi connectivity index (χ3v) is 3.93. The van der Waals surface area contributed by atoms with E-state index < -0.39 is 0 Å². The lowest BCUT2D eigenvalue weighted by Gasteiger charge is -2.18. The van der Waals surface area contributed by atoms with E-state index in [0.29, 0.717) is 12.5 Å². The molecule has 2 N–H and O–H groups in total. The lowest BCUT2D eigenvalue weighted by Crippen LogP contribution is -2.31. The van der Waals surface area contributed by atoms with Crippen LogP contribution in [0, 0.1) is 11.8 Å². The van der Waals surface area contributed by atoms with Crippen LogP contribution in [-0.2, 0) is 0 Å². The molecule has 0 heterocycles. The quantitative estimate of drug-likeness (QED) is 0.681. The van der Waals surface area contributed by atoms with Gasteiger partial charge in [-0.05, 0) is 44.1 Å². The molecule has 15 heavy (non-hydrogen) atoms. The SMILES string of the molecule is CCC(CCO)CNC1CCC(CC)C1. The maximum absolute atomic E-state index is 8.91. The Morgan fingerprint density at radius 3 is 2.67 bits per heavy atom. The second-order valence-electron chi connectivity index (χ2n) is 4.98. The molecule has 0 aromatic heterocycles. The topological polar surface area (TPSA) is 32.3 Å². The van der Waals surface area contributed by atoms with Crippen LogP contribution < -0.4 is 5.32 Å². The zero-order chi connectivity index (χ0) is 11.1. The van der Waals surface area contributed by atoms with Crippen LogP contribution in [0.2, 0.25) is 0 Å². The molecule has 0 bridgehead atoms. The second kappa shape index (κ2) is 7.24. The van der Waals surface area contributed by atoms with E-state index in [0.717, 1.165) is 24.9 Å². The van der Waals surface area contributed by atoms with E-state index in [4.69, 9.17) is 5.11 Å². The van der Waals surface area contributed by atoms with Crippen molar-refractivity contribution in [2.45, 2.75) is 58.4 Å². The Kier molecular flexibility index (Phi) is 6.26. The molecule has 1 aliphatic carbocycles. The first-order valence-corrected chi connectivity index (χ1v) is 6.64. The van der Waals surface area contributed by atoms with E-state index in [-0.39, 0.29) is 0 Å². The summed E-state index contributed by atoms with van der Waals surface area (Å²) in [5, 5.41) is 12.6. The molecule has 0 spiro atoms. The van der Waals surface area contributed by atoms with Crippen LogP contribution in [-0.4, -0.2) is 24.3 Å². The molecule has 0 aromatic carbocycles. The fourth-order valence-corrected chi connectivity index (χ4v) is 2.60. The highest BCUT2D eigenvalue weighted by atomic mass is 16.3. The maximum atomic E-state index is 8.91. The number of aliphatic hydroxyl groups excluding tert-OH is 1. The Hall–Kier alpha value is -0.0800. The standard InChI is InChI=1S/C13H27NO/c1-3-11-5-6-13(9-11)14-10-12(4-2)7-8-15/h11-15H,3-10H2,1-2H3. The summed E-state index contributed by atoms with van der Waals surface area (Å²) < 4.78 is 0. The van der Waals surface area contributed by atoms with Crippen molar-refractivity contribution in [3.8, 4) is 0 Å². The van der Waals surface area contributed by atoms with Gasteiger partial charge in [0.15, 0.2) is 0 Å². The summed E-state index contributed by atoms with van der Waals surface area (Å²) >= 11 is 0. The summed E-state index contributed by atoms with van der Waals surface area (Å²) in [6, 6.07) is 0.752. The molecule has 0 amide bonds. The van der Waals surface area contributed by atoms with E-state index in [9.17, 15) is 0 Å². The van der Waals surface area contributed by atoms with Crippen LogP contribution in [0.5, 0.6) is 0 Å². The minimum Gasteiger partial charge on any atom is -0.396 e. The third kappa shape index (κ3) is 4.52. The normalized spacial score (nSPS) is 28.2. The van der Waals surface area contributed by atoms with Gasteiger partial charge in [0.1, 0.15) is 0 Å². The monoisotopic (exact) mass is 213 g/mol. The van der Waals surface area contributed by atoms with Crippen LogP contribution in [0.4, 0.5) is 0 Å². The Labute approximate surface area is 94.5 Å². The van der Waals surface area contributed by atoms with Gasteiger partial charge < -0.3 is 10.4 Å². The fraction of sp³-hybridized carbons (Fsp3) is 1.00. The van der Waals surface area contributed by atoms with E-state index >= 15 is 0 Å². The van der Waals surface area contributed by atoms with E-state index in [2.05, 4.69) is 19.2 Å². The predicted octanol–water partition coefficient (Wildman–Crippen LogP) is 2.56. The summed E-state index contributed by atoms with van der Waals surface area (Å²) in [5.74, 6) is 1.62. The van der Waals surface area contributed by atoms with Crippen molar-refractivity contribution in [3.63, 3.8) is 0 Å². The van der Waals surface area contributed by atoms with E-state index in [1.807, 2.05) is 0 Å². The highest BCUT2D eigenvalue weighted by Crippen LogP contribution is 2.27. The molecule has 3 unspecified atom stereocenters. The minimum atomic E-state index is 0.336. The van der Waals surface area contributed by atoms with Gasteiger partial charge in [-0.1, -0.05) is 26.7 Å². The van der Waals surface area contributed by atoms with Crippen molar-refractivity contribution in [3.05, 3.63) is 0 Å². The Morgan fingerprint density at radius 1 is 1.33 bits per heavy atom. The van der Waals surface area contributed by atoms with Gasteiger partial charge in [-0.25, -0.2) is 0 Å². The minimum absolute atomic E-state index is 0.336. The van der Waals surface area contributed by atoms with Gasteiger partial charge in [0.05, 0.1) is 0 Å². The van der Waals surface area contributed by atoms with Crippen LogP contribution in [0.15, 0.2) is 0 Å². The van der Waals surface area contributed by atoms with Gasteiger partial charge >= 0.3 is 0 Å². The molecular weight excluding hydrogens is 186 g/mol. The van der Waals surface area contributed by atoms with Crippen LogP contribution in [0.1, 0.15) is 52.4 Å². The number of hydrogen-bond acceptors (Lipinski definition) is 2. The summed E-state index contributed by atoms with van der Waals surface area (Å²) in [6.07, 6.45) is 7.60. The van der Waals surface area contributed by atoms with Gasteiger partial charge in [0.25, 0.3) is 0 Å². The van der Waals surface area contributed by atoms with Gasteiger partial charge in [-0.3, -0.25) is 0 Å². The summed E-state index contributed by atoms with van der Waals surface area (Å²) in [5.41, 5.74) is 0. The fourth-order valence-electron chi connectivity index (χ4n) is 2.60. The van der Waals surface area contributed by atoms with Crippen molar-refractivity contribution in [1.82, 2.24) is 5.32 Å². The van der Waals surface area contributed by atoms with Crippen LogP contribution in [0.25, 0.3) is 0 Å². The van der Waals surface area contributed by atoms with E-state index in [1.165, 1.54) is 32.1 Å². The molecule has 0 radical (unpaired) electrons. The van der Waals surface area contributed by atoms with Crippen molar-refractivity contribution in [2.75, 3.05) is 13.2 Å². The van der Waals surface area contributed by atoms with Crippen molar-refractivity contribution >= 4 is 0 Å². The molecule has 1 rings (SSSR count). The number of hydrogen-bond donors (Lipinski definition) is 2. The van der Waals surface area contributed by atoms with Crippen molar-refractivity contribution in [2.24, 2.45) is 11.8 Å². The Morgan fingerprint density at radius 2 is 2.13 bits per heavy atom. The highest BCUT2D eigenvalue weighted by molar-refractivity contribution is 4.80. The van der Waals surface area contributed by atoms with Gasteiger partial charge in [-0.2, -0.15) is 0 Å². The maximum Gasteiger partial charge on any atom is 0.0434 e. The first-order chi connectivity index (χ1) is 7.30. The number of aliphatic hydroxyl groups is 1. The molecule has 0 aromatic rings. The lowest BCUT2D eigenvalue weighted by molar-refractivity contribution is 0.248. The van der Waals surface area contributed by atoms with Crippen LogP contribution >= 0.6 is 0 Å². The highest BCUT2D eigenvalue weighted by Gasteiger charge is 2.23. The average Bonchev–Trinajstić information content (AvgIpc) is 2.72. The molecule has 0 saturated heterocycles. The number of rotatable bonds is 7. The first kappa shape index (κ1) is 13.0. The predicted molar refractivity (Wildman–Crippen MR) is 64.9 cm³/mol. The molecule has 2 heteroatoms. The molecule has 1 fully saturated rings. The molecule has 1 saturated carbocycles. The van der Waals surface area contributed by atoms with E-state index in [1.54, 1.807) is 0 Å². The zero-order valence-electron chi connectivity index (χ0n) is 10.3. The Balaban J connectivity index is 2.13. The smallest absolute Gasteiger partial charge is 0.0434 e. The summed E-state index contributed by atoms with van der Waals surface area (Å²) in [7, 11) is 0. The zero-order valence-corrected chi connectivity index (χ0v) is 10.3. The number of nitrogens with one attached hydrogen (secondary N) is 1. The summed E-state index contributed by atoms with van der Waals surface area (Å²) in [6.45, 7) is 5.94. The van der Waals surface area contributed by atoms with Crippen molar-refractivity contribution in [1.29, 1.82) is 0 Å². The molecule has 3 atom stereocenters. The molecule has 90 valence electrons. The average molecular weight is 213 g/mol. The molecule has 2 nitrogen and oxygen atoms in total. The van der Waals surface area contributed by atoms with Crippen LogP contribution in [0.3, 0.4) is 0 Å².